The number of hydrogen-bond donors (Lipinski definition) is 1. The summed E-state index contributed by atoms with van der Waals surface area (Å²) >= 11 is 0. The second-order valence-electron chi connectivity index (χ2n) is 11.5. The van der Waals surface area contributed by atoms with Crippen LogP contribution in [0.5, 0.6) is 0 Å². The molecule has 1 aromatic carbocycles. The van der Waals surface area contributed by atoms with E-state index in [1.165, 1.54) is 0 Å². The molecule has 2 aliphatic rings. The molecule has 7 atom stereocenters. The molecule has 2 saturated heterocycles. The monoisotopic (exact) mass is 464 g/mol. The molecule has 0 saturated carbocycles. The van der Waals surface area contributed by atoms with Crippen molar-refractivity contribution >= 4 is 8.32 Å². The van der Waals surface area contributed by atoms with Gasteiger partial charge in [0.25, 0.3) is 0 Å². The van der Waals surface area contributed by atoms with Crippen LogP contribution in [0.15, 0.2) is 30.3 Å². The van der Waals surface area contributed by atoms with Gasteiger partial charge in [-0.2, -0.15) is 0 Å². The highest BCUT2D eigenvalue weighted by Gasteiger charge is 2.51. The molecule has 0 unspecified atom stereocenters. The highest BCUT2D eigenvalue weighted by molar-refractivity contribution is 6.74. The fourth-order valence-corrected chi connectivity index (χ4v) is 5.73. The minimum absolute atomic E-state index is 0.0689. The molecular weight excluding hydrogens is 420 g/mol. The number of ether oxygens (including phenoxy) is 3. The Bertz CT molecular complexity index is 717. The van der Waals surface area contributed by atoms with E-state index in [1.54, 1.807) is 0 Å². The Balaban J connectivity index is 1.73. The first-order valence-electron chi connectivity index (χ1n) is 12.2. The lowest BCUT2D eigenvalue weighted by Crippen LogP contribution is -2.48. The quantitative estimate of drug-likeness (QED) is 0.528. The van der Waals surface area contributed by atoms with Crippen LogP contribution in [0, 0.1) is 5.92 Å². The molecule has 2 aliphatic heterocycles. The molecule has 0 bridgehead atoms. The summed E-state index contributed by atoms with van der Waals surface area (Å²) in [6.45, 7) is 18.2. The lowest BCUT2D eigenvalue weighted by atomic mass is 9.99. The molecule has 0 aliphatic carbocycles. The van der Waals surface area contributed by atoms with Gasteiger partial charge in [0.1, 0.15) is 12.2 Å². The number of hydrogen-bond acceptors (Lipinski definition) is 5. The standard InChI is InChI=1S/C26H44O5Si/c1-17(2)21-14-20(27)25(29-21)22-15-23(31-32(7,8)26(4,5)6)24(30-22)18(3)28-16-19-12-10-9-11-13-19/h9-13,17-18,20-25,27H,14-16H2,1-8H3/t18-,20+,21-,22-,23+,24-,25+/m0/s1. The third-order valence-corrected chi connectivity index (χ3v) is 12.0. The summed E-state index contributed by atoms with van der Waals surface area (Å²) in [6.07, 6.45) is 0.0882. The van der Waals surface area contributed by atoms with Crippen molar-refractivity contribution in [3.05, 3.63) is 35.9 Å². The summed E-state index contributed by atoms with van der Waals surface area (Å²) in [6, 6.07) is 10.2. The van der Waals surface area contributed by atoms with Gasteiger partial charge in [0, 0.05) is 12.8 Å². The second-order valence-corrected chi connectivity index (χ2v) is 16.2. The van der Waals surface area contributed by atoms with Crippen LogP contribution < -0.4 is 0 Å². The van der Waals surface area contributed by atoms with Crippen molar-refractivity contribution in [2.45, 2.75) is 122 Å². The lowest BCUT2D eigenvalue weighted by molar-refractivity contribution is -0.130. The molecule has 0 aromatic heterocycles. The maximum Gasteiger partial charge on any atom is 0.192 e. The normalized spacial score (nSPS) is 32.6. The van der Waals surface area contributed by atoms with Gasteiger partial charge >= 0.3 is 0 Å². The molecule has 1 aromatic rings. The zero-order chi connectivity index (χ0) is 23.7. The van der Waals surface area contributed by atoms with E-state index in [0.29, 0.717) is 18.9 Å². The Hall–Kier alpha value is -0.763. The van der Waals surface area contributed by atoms with Crippen LogP contribution >= 0.6 is 0 Å². The van der Waals surface area contributed by atoms with E-state index >= 15 is 0 Å². The predicted molar refractivity (Wildman–Crippen MR) is 130 cm³/mol. The molecule has 2 fully saturated rings. The van der Waals surface area contributed by atoms with Crippen molar-refractivity contribution in [2.75, 3.05) is 0 Å². The SMILES string of the molecule is CC(C)[C@@H]1C[C@@H](O)[C@H]([C@@H]2C[C@@H](O[Si](C)(C)C(C)(C)C)[C@H]([C@H](C)OCc3ccccc3)O2)O1. The van der Waals surface area contributed by atoms with E-state index in [-0.39, 0.29) is 41.7 Å². The molecule has 1 N–H and O–H groups in total. The van der Waals surface area contributed by atoms with Crippen molar-refractivity contribution in [1.29, 1.82) is 0 Å². The summed E-state index contributed by atoms with van der Waals surface area (Å²) < 4.78 is 25.9. The van der Waals surface area contributed by atoms with Crippen LogP contribution in [0.3, 0.4) is 0 Å². The van der Waals surface area contributed by atoms with Crippen molar-refractivity contribution in [1.82, 2.24) is 0 Å². The molecule has 32 heavy (non-hydrogen) atoms. The van der Waals surface area contributed by atoms with E-state index in [0.717, 1.165) is 12.0 Å². The summed E-state index contributed by atoms with van der Waals surface area (Å²) in [4.78, 5) is 0. The van der Waals surface area contributed by atoms with Crippen LogP contribution in [0.25, 0.3) is 0 Å². The molecule has 182 valence electrons. The van der Waals surface area contributed by atoms with Gasteiger partial charge in [-0.15, -0.1) is 0 Å². The first-order valence-corrected chi connectivity index (χ1v) is 15.1. The summed E-state index contributed by atoms with van der Waals surface area (Å²) in [5.74, 6) is 0.374. The smallest absolute Gasteiger partial charge is 0.192 e. The maximum atomic E-state index is 10.7. The first-order chi connectivity index (χ1) is 14.9. The Morgan fingerprint density at radius 1 is 1.06 bits per heavy atom. The average molecular weight is 465 g/mol. The van der Waals surface area contributed by atoms with E-state index in [9.17, 15) is 5.11 Å². The van der Waals surface area contributed by atoms with Crippen molar-refractivity contribution < 1.29 is 23.7 Å². The Morgan fingerprint density at radius 3 is 2.28 bits per heavy atom. The fourth-order valence-electron chi connectivity index (χ4n) is 4.38. The van der Waals surface area contributed by atoms with Crippen LogP contribution in [0.4, 0.5) is 0 Å². The minimum Gasteiger partial charge on any atom is -0.411 e. The fraction of sp³-hybridized carbons (Fsp3) is 0.769. The van der Waals surface area contributed by atoms with Crippen molar-refractivity contribution in [2.24, 2.45) is 5.92 Å². The number of aliphatic hydroxyl groups is 1. The third-order valence-electron chi connectivity index (χ3n) is 7.53. The van der Waals surface area contributed by atoms with E-state index in [2.05, 4.69) is 66.8 Å². The molecule has 2 heterocycles. The second kappa shape index (κ2) is 10.2. The number of rotatable bonds is 8. The Kier molecular flexibility index (Phi) is 8.27. The molecule has 5 nitrogen and oxygen atoms in total. The van der Waals surface area contributed by atoms with Crippen LogP contribution in [-0.2, 0) is 25.2 Å². The topological polar surface area (TPSA) is 57.2 Å². The van der Waals surface area contributed by atoms with Crippen LogP contribution in [0.1, 0.15) is 59.9 Å². The molecule has 6 heteroatoms. The molecule has 0 radical (unpaired) electrons. The van der Waals surface area contributed by atoms with Gasteiger partial charge in [0.2, 0.25) is 0 Å². The third kappa shape index (κ3) is 6.02. The van der Waals surface area contributed by atoms with Gasteiger partial charge in [-0.05, 0) is 36.5 Å². The Morgan fingerprint density at radius 2 is 1.72 bits per heavy atom. The van der Waals surface area contributed by atoms with Gasteiger partial charge in [0.05, 0.1) is 37.1 Å². The van der Waals surface area contributed by atoms with Crippen molar-refractivity contribution in [3.8, 4) is 0 Å². The average Bonchev–Trinajstić information content (AvgIpc) is 3.29. The number of benzene rings is 1. The summed E-state index contributed by atoms with van der Waals surface area (Å²) in [5, 5.41) is 10.8. The van der Waals surface area contributed by atoms with Gasteiger partial charge in [-0.3, -0.25) is 0 Å². The molecular formula is C26H44O5Si. The zero-order valence-corrected chi connectivity index (χ0v) is 22.2. The van der Waals surface area contributed by atoms with E-state index in [4.69, 9.17) is 18.6 Å². The van der Waals surface area contributed by atoms with Crippen LogP contribution in [-0.4, -0.2) is 56.2 Å². The van der Waals surface area contributed by atoms with Gasteiger partial charge in [-0.25, -0.2) is 0 Å². The largest absolute Gasteiger partial charge is 0.411 e. The highest BCUT2D eigenvalue weighted by Crippen LogP contribution is 2.42. The molecule has 0 amide bonds. The minimum atomic E-state index is -2.00. The van der Waals surface area contributed by atoms with Crippen molar-refractivity contribution in [3.63, 3.8) is 0 Å². The molecule has 0 spiro atoms. The predicted octanol–water partition coefficient (Wildman–Crippen LogP) is 5.31. The highest BCUT2D eigenvalue weighted by atomic mass is 28.4. The maximum absolute atomic E-state index is 10.7. The van der Waals surface area contributed by atoms with Crippen LogP contribution in [0.2, 0.25) is 18.1 Å². The lowest BCUT2D eigenvalue weighted by Gasteiger charge is -2.40. The Labute approximate surface area is 195 Å². The van der Waals surface area contributed by atoms with Gasteiger partial charge in [0.15, 0.2) is 8.32 Å². The van der Waals surface area contributed by atoms with E-state index < -0.39 is 14.4 Å². The zero-order valence-electron chi connectivity index (χ0n) is 21.2. The summed E-state index contributed by atoms with van der Waals surface area (Å²) in [5.41, 5.74) is 1.14. The number of aliphatic hydroxyl groups excluding tert-OH is 1. The van der Waals surface area contributed by atoms with Gasteiger partial charge in [-0.1, -0.05) is 65.0 Å². The molecule has 3 rings (SSSR count). The van der Waals surface area contributed by atoms with E-state index in [1.807, 2.05) is 18.2 Å². The summed E-state index contributed by atoms with van der Waals surface area (Å²) in [7, 11) is -2.00. The first kappa shape index (κ1) is 25.9. The van der Waals surface area contributed by atoms with Gasteiger partial charge < -0.3 is 23.7 Å².